The number of rotatable bonds is 4. The summed E-state index contributed by atoms with van der Waals surface area (Å²) in [6, 6.07) is 0. The number of carboxylic acids is 1. The van der Waals surface area contributed by atoms with E-state index in [1.54, 1.807) is 23.6 Å². The first-order chi connectivity index (χ1) is 9.45. The van der Waals surface area contributed by atoms with Crippen molar-refractivity contribution in [1.82, 2.24) is 9.97 Å². The molecule has 1 atom stereocenters. The quantitative estimate of drug-likeness (QED) is 0.856. The molecular formula is C11H15N3O4S2. The van der Waals surface area contributed by atoms with E-state index in [4.69, 9.17) is 5.11 Å². The summed E-state index contributed by atoms with van der Waals surface area (Å²) in [4.78, 5) is 20.3. The Morgan fingerprint density at radius 3 is 2.80 bits per heavy atom. The highest BCUT2D eigenvalue weighted by Crippen LogP contribution is 2.25. The van der Waals surface area contributed by atoms with Crippen molar-refractivity contribution in [3.8, 4) is 0 Å². The monoisotopic (exact) mass is 317 g/mol. The Kier molecular flexibility index (Phi) is 4.48. The van der Waals surface area contributed by atoms with Gasteiger partial charge in [0, 0.05) is 23.8 Å². The van der Waals surface area contributed by atoms with Gasteiger partial charge in [0.25, 0.3) is 0 Å². The molecule has 0 radical (unpaired) electrons. The first-order valence-corrected chi connectivity index (χ1v) is 8.94. The molecule has 7 nitrogen and oxygen atoms in total. The molecule has 1 saturated heterocycles. The first-order valence-electron chi connectivity index (χ1n) is 6.07. The number of carbonyl (C=O) groups is 1. The van der Waals surface area contributed by atoms with Crippen LogP contribution in [-0.2, 0) is 9.84 Å². The lowest BCUT2D eigenvalue weighted by atomic mass is 10.4. The van der Waals surface area contributed by atoms with Gasteiger partial charge in [-0.1, -0.05) is 6.92 Å². The van der Waals surface area contributed by atoms with Gasteiger partial charge in [-0.3, -0.25) is 0 Å². The van der Waals surface area contributed by atoms with Gasteiger partial charge < -0.3 is 10.0 Å². The van der Waals surface area contributed by atoms with E-state index in [0.29, 0.717) is 18.1 Å². The zero-order chi connectivity index (χ0) is 14.8. The molecule has 9 heteroatoms. The molecule has 1 aromatic heterocycles. The van der Waals surface area contributed by atoms with Crippen molar-refractivity contribution in [2.75, 3.05) is 28.7 Å². The maximum absolute atomic E-state index is 12.1. The molecule has 0 bridgehead atoms. The average molecular weight is 317 g/mol. The van der Waals surface area contributed by atoms with Gasteiger partial charge in [0.15, 0.2) is 15.5 Å². The van der Waals surface area contributed by atoms with Crippen LogP contribution in [0.25, 0.3) is 0 Å². The lowest BCUT2D eigenvalue weighted by Crippen LogP contribution is -2.48. The molecule has 0 aliphatic carbocycles. The van der Waals surface area contributed by atoms with E-state index in [-0.39, 0.29) is 11.4 Å². The lowest BCUT2D eigenvalue weighted by Gasteiger charge is -2.35. The molecule has 2 rings (SSSR count). The highest BCUT2D eigenvalue weighted by molar-refractivity contribution is 8.01. The molecule has 1 aliphatic heterocycles. The first kappa shape index (κ1) is 15.0. The summed E-state index contributed by atoms with van der Waals surface area (Å²) in [6.07, 6.45) is 2.46. The number of hydrogen-bond acceptors (Lipinski definition) is 7. The minimum absolute atomic E-state index is 0.0648. The van der Waals surface area contributed by atoms with Crippen molar-refractivity contribution < 1.29 is 18.3 Å². The zero-order valence-electron chi connectivity index (χ0n) is 10.9. The molecule has 20 heavy (non-hydrogen) atoms. The molecule has 0 spiro atoms. The summed E-state index contributed by atoms with van der Waals surface area (Å²) in [5.41, 5.74) is -0.157. The van der Waals surface area contributed by atoms with Crippen LogP contribution in [0.1, 0.15) is 17.4 Å². The van der Waals surface area contributed by atoms with Crippen molar-refractivity contribution in [2.45, 2.75) is 12.3 Å². The van der Waals surface area contributed by atoms with Gasteiger partial charge in [-0.2, -0.15) is 11.8 Å². The van der Waals surface area contributed by atoms with Crippen molar-refractivity contribution in [1.29, 1.82) is 0 Å². The lowest BCUT2D eigenvalue weighted by molar-refractivity contribution is 0.0690. The third-order valence-corrected chi connectivity index (χ3v) is 6.34. The Bertz CT molecular complexity index is 588. The molecule has 110 valence electrons. The number of thioether (sulfide) groups is 1. The molecule has 1 fully saturated rings. The molecule has 1 aliphatic rings. The van der Waals surface area contributed by atoms with Gasteiger partial charge in [0.05, 0.1) is 12.4 Å². The summed E-state index contributed by atoms with van der Waals surface area (Å²) in [5.74, 6) is 0.597. The van der Waals surface area contributed by atoms with Gasteiger partial charge in [0.1, 0.15) is 11.2 Å². The standard InChI is InChI=1S/C11H15N3O4S2/c1-2-20(17,18)10-7-19-4-3-14(10)9-6-12-8(5-13-9)11(15)16/h5-6,10H,2-4,7H2,1H3,(H,15,16). The predicted octanol–water partition coefficient (Wildman–Crippen LogP) is 0.489. The van der Waals surface area contributed by atoms with Crippen LogP contribution in [0.2, 0.25) is 0 Å². The summed E-state index contributed by atoms with van der Waals surface area (Å²) in [7, 11) is -3.22. The Balaban J connectivity index is 2.30. The molecule has 1 aromatic rings. The third kappa shape index (κ3) is 3.04. The van der Waals surface area contributed by atoms with Crippen LogP contribution in [0.15, 0.2) is 12.4 Å². The smallest absolute Gasteiger partial charge is 0.356 e. The Morgan fingerprint density at radius 2 is 2.25 bits per heavy atom. The molecule has 1 N–H and O–H groups in total. The van der Waals surface area contributed by atoms with Gasteiger partial charge in [-0.05, 0) is 0 Å². The van der Waals surface area contributed by atoms with Gasteiger partial charge in [0.2, 0.25) is 0 Å². The number of anilines is 1. The van der Waals surface area contributed by atoms with Gasteiger partial charge in [-0.25, -0.2) is 23.2 Å². The van der Waals surface area contributed by atoms with Crippen LogP contribution in [0, 0.1) is 0 Å². The van der Waals surface area contributed by atoms with Crippen molar-refractivity contribution >= 4 is 33.4 Å². The van der Waals surface area contributed by atoms with Crippen LogP contribution >= 0.6 is 11.8 Å². The summed E-state index contributed by atoms with van der Waals surface area (Å²) in [5, 5.41) is 8.16. The number of sulfone groups is 1. The summed E-state index contributed by atoms with van der Waals surface area (Å²) >= 11 is 1.59. The molecule has 0 aromatic carbocycles. The van der Waals surface area contributed by atoms with Crippen molar-refractivity contribution in [3.63, 3.8) is 0 Å². The fourth-order valence-corrected chi connectivity index (χ4v) is 4.89. The maximum atomic E-state index is 12.1. The fourth-order valence-electron chi connectivity index (χ4n) is 1.91. The minimum atomic E-state index is -3.22. The van der Waals surface area contributed by atoms with Crippen LogP contribution in [0.3, 0.4) is 0 Å². The summed E-state index contributed by atoms with van der Waals surface area (Å²) < 4.78 is 24.2. The fraction of sp³-hybridized carbons (Fsp3) is 0.545. The van der Waals surface area contributed by atoms with E-state index in [1.807, 2.05) is 0 Å². The van der Waals surface area contributed by atoms with Crippen molar-refractivity contribution in [3.05, 3.63) is 18.1 Å². The highest BCUT2D eigenvalue weighted by Gasteiger charge is 2.33. The van der Waals surface area contributed by atoms with E-state index in [2.05, 4.69) is 9.97 Å². The van der Waals surface area contributed by atoms with Crippen LogP contribution in [0.4, 0.5) is 5.82 Å². The predicted molar refractivity (Wildman–Crippen MR) is 76.9 cm³/mol. The van der Waals surface area contributed by atoms with E-state index in [0.717, 1.165) is 11.9 Å². The second-order valence-electron chi connectivity index (χ2n) is 4.24. The van der Waals surface area contributed by atoms with E-state index in [9.17, 15) is 13.2 Å². The highest BCUT2D eigenvalue weighted by atomic mass is 32.2. The molecule has 0 saturated carbocycles. The van der Waals surface area contributed by atoms with E-state index >= 15 is 0 Å². The topological polar surface area (TPSA) is 100 Å². The van der Waals surface area contributed by atoms with Crippen LogP contribution in [-0.4, -0.2) is 58.6 Å². The van der Waals surface area contributed by atoms with E-state index in [1.165, 1.54) is 6.20 Å². The second kappa shape index (κ2) is 5.96. The van der Waals surface area contributed by atoms with E-state index < -0.39 is 21.2 Å². The Morgan fingerprint density at radius 1 is 1.50 bits per heavy atom. The van der Waals surface area contributed by atoms with Gasteiger partial charge >= 0.3 is 5.97 Å². The number of hydrogen-bond donors (Lipinski definition) is 1. The molecule has 0 amide bonds. The number of aromatic nitrogens is 2. The maximum Gasteiger partial charge on any atom is 0.356 e. The average Bonchev–Trinajstić information content (AvgIpc) is 2.47. The Hall–Kier alpha value is -1.35. The van der Waals surface area contributed by atoms with Crippen LogP contribution < -0.4 is 4.90 Å². The molecule has 2 heterocycles. The number of aromatic carboxylic acids is 1. The normalized spacial score (nSPS) is 19.9. The minimum Gasteiger partial charge on any atom is -0.476 e. The third-order valence-electron chi connectivity index (χ3n) is 3.05. The Labute approximate surface area is 121 Å². The summed E-state index contributed by atoms with van der Waals surface area (Å²) in [6.45, 7) is 2.17. The van der Waals surface area contributed by atoms with Gasteiger partial charge in [-0.15, -0.1) is 0 Å². The number of nitrogens with zero attached hydrogens (tertiary/aromatic N) is 3. The SMILES string of the molecule is CCS(=O)(=O)C1CSCCN1c1cnc(C(=O)O)cn1. The number of carboxylic acid groups (broad SMARTS) is 1. The largest absolute Gasteiger partial charge is 0.476 e. The molecular weight excluding hydrogens is 302 g/mol. The van der Waals surface area contributed by atoms with Crippen LogP contribution in [0.5, 0.6) is 0 Å². The molecule has 1 unspecified atom stereocenters. The second-order valence-corrected chi connectivity index (χ2v) is 7.84. The zero-order valence-corrected chi connectivity index (χ0v) is 12.5. The van der Waals surface area contributed by atoms with Crippen molar-refractivity contribution in [2.24, 2.45) is 0 Å².